The number of halogens is 2. The van der Waals surface area contributed by atoms with Gasteiger partial charge in [-0.15, -0.1) is 5.10 Å². The van der Waals surface area contributed by atoms with E-state index in [2.05, 4.69) is 25.1 Å². The largest absolute Gasteiger partial charge is 0.291 e. The van der Waals surface area contributed by atoms with Crippen LogP contribution in [0.3, 0.4) is 0 Å². The monoisotopic (exact) mass is 580 g/mol. The lowest BCUT2D eigenvalue weighted by atomic mass is 9.60. The van der Waals surface area contributed by atoms with Gasteiger partial charge in [0, 0.05) is 31.9 Å². The van der Waals surface area contributed by atoms with Crippen LogP contribution < -0.4 is 0 Å². The van der Waals surface area contributed by atoms with Gasteiger partial charge in [0.2, 0.25) is 5.95 Å². The highest BCUT2D eigenvalue weighted by molar-refractivity contribution is 7.89. The van der Waals surface area contributed by atoms with Gasteiger partial charge in [0.1, 0.15) is 17.8 Å². The first-order chi connectivity index (χ1) is 19.6. The second kappa shape index (κ2) is 10.0. The maximum Gasteiger partial charge on any atom is 0.282 e. The number of aromatic nitrogens is 7. The van der Waals surface area contributed by atoms with Gasteiger partial charge >= 0.3 is 0 Å². The number of sulfonamides is 1. The SMILES string of the molecule is CCN([C@H]1CCC2=Cc3c(cnn3-c3ccc(F)nc3)C[C@]2(C(=O)c2cc(F)ccn2)C1)S(=O)(=O)c1ncn(C)n1. The van der Waals surface area contributed by atoms with Gasteiger partial charge < -0.3 is 0 Å². The first-order valence-electron chi connectivity index (χ1n) is 13.1. The fraction of sp³-hybridized carbons (Fsp3) is 0.333. The van der Waals surface area contributed by atoms with Crippen molar-refractivity contribution in [2.75, 3.05) is 6.54 Å². The average molecular weight is 581 g/mol. The zero-order chi connectivity index (χ0) is 28.9. The van der Waals surface area contributed by atoms with Gasteiger partial charge in [-0.25, -0.2) is 27.5 Å². The van der Waals surface area contributed by atoms with Crippen LogP contribution in [-0.4, -0.2) is 65.6 Å². The second-order valence-corrected chi connectivity index (χ2v) is 12.0. The summed E-state index contributed by atoms with van der Waals surface area (Å²) in [5.74, 6) is -1.60. The Kier molecular flexibility index (Phi) is 6.61. The topological polar surface area (TPSA) is 129 Å². The Hall–Kier alpha value is -4.17. The average Bonchev–Trinajstić information content (AvgIpc) is 3.58. The number of nitrogens with zero attached hydrogens (tertiary/aromatic N) is 8. The molecule has 0 amide bonds. The predicted octanol–water partition coefficient (Wildman–Crippen LogP) is 3.14. The van der Waals surface area contributed by atoms with Gasteiger partial charge in [-0.05, 0) is 55.5 Å². The van der Waals surface area contributed by atoms with Gasteiger partial charge in [0.25, 0.3) is 15.2 Å². The summed E-state index contributed by atoms with van der Waals surface area (Å²) >= 11 is 0. The van der Waals surface area contributed by atoms with Crippen molar-refractivity contribution in [2.24, 2.45) is 12.5 Å². The molecule has 0 aromatic carbocycles. The molecule has 212 valence electrons. The van der Waals surface area contributed by atoms with Crippen LogP contribution in [0.2, 0.25) is 0 Å². The molecule has 1 saturated carbocycles. The summed E-state index contributed by atoms with van der Waals surface area (Å²) in [6.07, 6.45) is 8.65. The summed E-state index contributed by atoms with van der Waals surface area (Å²) in [5, 5.41) is 8.18. The molecule has 2 aliphatic rings. The van der Waals surface area contributed by atoms with E-state index in [4.69, 9.17) is 0 Å². The molecule has 6 rings (SSSR count). The smallest absolute Gasteiger partial charge is 0.282 e. The highest BCUT2D eigenvalue weighted by Gasteiger charge is 2.51. The third kappa shape index (κ3) is 4.56. The maximum atomic E-state index is 14.3. The molecule has 0 unspecified atom stereocenters. The number of carbonyl (C=O) groups excluding carboxylic acids is 1. The van der Waals surface area contributed by atoms with Crippen LogP contribution in [0.15, 0.2) is 59.9 Å². The van der Waals surface area contributed by atoms with Crippen molar-refractivity contribution in [3.8, 4) is 5.69 Å². The zero-order valence-electron chi connectivity index (χ0n) is 22.3. The predicted molar refractivity (Wildman–Crippen MR) is 142 cm³/mol. The number of hydrogen-bond donors (Lipinski definition) is 0. The third-order valence-corrected chi connectivity index (χ3v) is 9.64. The van der Waals surface area contributed by atoms with Crippen molar-refractivity contribution in [2.45, 2.75) is 43.8 Å². The van der Waals surface area contributed by atoms with E-state index >= 15 is 0 Å². The number of aryl methyl sites for hydroxylation is 1. The fourth-order valence-corrected chi connectivity index (χ4v) is 7.50. The number of allylic oxidation sites excluding steroid dienone is 1. The Morgan fingerprint density at radius 2 is 2.00 bits per heavy atom. The lowest BCUT2D eigenvalue weighted by Crippen LogP contribution is -2.50. The Morgan fingerprint density at radius 1 is 1.17 bits per heavy atom. The lowest BCUT2D eigenvalue weighted by molar-refractivity contribution is 0.0738. The zero-order valence-corrected chi connectivity index (χ0v) is 23.1. The number of ketones is 1. The lowest BCUT2D eigenvalue weighted by Gasteiger charge is -2.46. The normalized spacial score (nSPS) is 20.4. The minimum Gasteiger partial charge on any atom is -0.291 e. The van der Waals surface area contributed by atoms with E-state index < -0.39 is 33.2 Å². The van der Waals surface area contributed by atoms with Crippen LogP contribution in [0.5, 0.6) is 0 Å². The van der Waals surface area contributed by atoms with Crippen molar-refractivity contribution in [3.05, 3.63) is 83.5 Å². The van der Waals surface area contributed by atoms with Crippen molar-refractivity contribution in [3.63, 3.8) is 0 Å². The summed E-state index contributed by atoms with van der Waals surface area (Å²) in [7, 11) is -2.47. The van der Waals surface area contributed by atoms with Crippen LogP contribution >= 0.6 is 0 Å². The molecule has 14 heteroatoms. The van der Waals surface area contributed by atoms with Crippen molar-refractivity contribution >= 4 is 21.9 Å². The van der Waals surface area contributed by atoms with E-state index in [1.54, 1.807) is 30.9 Å². The Bertz CT molecular complexity index is 1780. The van der Waals surface area contributed by atoms with Gasteiger partial charge in [0.15, 0.2) is 5.78 Å². The Balaban J connectivity index is 1.44. The Morgan fingerprint density at radius 3 is 2.68 bits per heavy atom. The molecule has 11 nitrogen and oxygen atoms in total. The minimum absolute atomic E-state index is 0.0348. The van der Waals surface area contributed by atoms with Crippen molar-refractivity contribution < 1.29 is 22.0 Å². The Labute approximate surface area is 234 Å². The summed E-state index contributed by atoms with van der Waals surface area (Å²) in [6.45, 7) is 1.88. The molecule has 0 N–H and O–H groups in total. The summed E-state index contributed by atoms with van der Waals surface area (Å²) < 4.78 is 59.2. The molecular formula is C27H26F2N8O3S. The maximum absolute atomic E-state index is 14.3. The van der Waals surface area contributed by atoms with Crippen LogP contribution in [0.1, 0.15) is 47.9 Å². The second-order valence-electron chi connectivity index (χ2n) is 10.2. The van der Waals surface area contributed by atoms with E-state index in [0.29, 0.717) is 18.5 Å². The third-order valence-electron chi connectivity index (χ3n) is 7.82. The fourth-order valence-electron chi connectivity index (χ4n) is 5.97. The summed E-state index contributed by atoms with van der Waals surface area (Å²) in [4.78, 5) is 26.1. The molecule has 0 aliphatic heterocycles. The van der Waals surface area contributed by atoms with Gasteiger partial charge in [-0.3, -0.25) is 14.5 Å². The molecule has 2 aliphatic carbocycles. The highest BCUT2D eigenvalue weighted by atomic mass is 32.2. The molecule has 0 radical (unpaired) electrons. The molecule has 4 heterocycles. The van der Waals surface area contributed by atoms with E-state index in [-0.39, 0.29) is 36.0 Å². The summed E-state index contributed by atoms with van der Waals surface area (Å²) in [6, 6.07) is 4.52. The van der Waals surface area contributed by atoms with Gasteiger partial charge in [-0.1, -0.05) is 12.5 Å². The molecular weight excluding hydrogens is 554 g/mol. The summed E-state index contributed by atoms with van der Waals surface area (Å²) in [5.41, 5.74) is 1.56. The minimum atomic E-state index is -4.06. The van der Waals surface area contributed by atoms with E-state index in [1.165, 1.54) is 39.8 Å². The van der Waals surface area contributed by atoms with E-state index in [0.717, 1.165) is 22.9 Å². The highest BCUT2D eigenvalue weighted by Crippen LogP contribution is 2.51. The van der Waals surface area contributed by atoms with Crippen molar-refractivity contribution in [1.82, 2.24) is 38.8 Å². The number of carbonyl (C=O) groups is 1. The van der Waals surface area contributed by atoms with Gasteiger partial charge in [-0.2, -0.15) is 13.8 Å². The van der Waals surface area contributed by atoms with Crippen LogP contribution in [0, 0.1) is 17.2 Å². The molecule has 0 saturated heterocycles. The molecule has 0 spiro atoms. The van der Waals surface area contributed by atoms with E-state index in [9.17, 15) is 22.0 Å². The molecule has 4 aromatic heterocycles. The van der Waals surface area contributed by atoms with Crippen LogP contribution in [-0.2, 0) is 23.5 Å². The first-order valence-corrected chi connectivity index (χ1v) is 14.5. The number of hydrogen-bond acceptors (Lipinski definition) is 8. The standard InChI is InChI=1S/C27H26F2N8O3S/c1-3-36(41(39,40)26-32-16-35(2)34-26)20-5-4-18-10-23-17(14-33-37(23)21-6-7-24(29)31-15-21)12-27(18,13-20)25(38)22-11-19(28)8-9-30-22/h6-11,14-16,20H,3-5,12-13H2,1-2H3/t20-,27-/m0/s1. The number of rotatable bonds is 7. The van der Waals surface area contributed by atoms with Crippen molar-refractivity contribution in [1.29, 1.82) is 0 Å². The first kappa shape index (κ1) is 27.0. The molecule has 2 atom stereocenters. The number of Topliss-reactive ketones (excluding diaryl/α,β-unsaturated/α-hetero) is 1. The van der Waals surface area contributed by atoms with Gasteiger partial charge in [0.05, 0.1) is 29.2 Å². The molecule has 4 aromatic rings. The molecule has 0 bridgehead atoms. The number of pyridine rings is 2. The van der Waals surface area contributed by atoms with Crippen LogP contribution in [0.25, 0.3) is 11.8 Å². The quantitative estimate of drug-likeness (QED) is 0.241. The van der Waals surface area contributed by atoms with E-state index in [1.807, 2.05) is 6.08 Å². The molecule has 41 heavy (non-hydrogen) atoms. The number of fused-ring (bicyclic) bond motifs is 2. The van der Waals surface area contributed by atoms with Crippen LogP contribution in [0.4, 0.5) is 8.78 Å². The molecule has 1 fully saturated rings.